The molecule has 0 amide bonds. The van der Waals surface area contributed by atoms with Gasteiger partial charge in [-0.15, -0.1) is 5.10 Å². The Kier molecular flexibility index (Phi) is 5.62. The standard InChI is InChI=1S/C19H16F3N3O3/c1-2-27-18(26)17-16(23-25-24-17)14-8-3-4-9-15(14)28-11-12-6-5-7-13(10-12)19(20,21)22/h3-10H,2,11H2,1H3,(H,23,24,25). The molecular weight excluding hydrogens is 375 g/mol. The SMILES string of the molecule is CCOC(=O)c1n[nH]nc1-c1ccccc1OCc1cccc(C(F)(F)F)c1. The molecule has 0 atom stereocenters. The molecule has 0 aliphatic heterocycles. The number of alkyl halides is 3. The van der Waals surface area contributed by atoms with Crippen LogP contribution in [0.5, 0.6) is 5.75 Å². The second-order valence-electron chi connectivity index (χ2n) is 5.72. The lowest BCUT2D eigenvalue weighted by Gasteiger charge is -2.12. The van der Waals surface area contributed by atoms with Crippen LogP contribution < -0.4 is 4.74 Å². The Labute approximate surface area is 158 Å². The molecule has 0 radical (unpaired) electrons. The number of esters is 1. The van der Waals surface area contributed by atoms with Crippen LogP contribution in [0.2, 0.25) is 0 Å². The highest BCUT2D eigenvalue weighted by atomic mass is 19.4. The molecule has 2 aromatic carbocycles. The van der Waals surface area contributed by atoms with E-state index in [0.717, 1.165) is 12.1 Å². The van der Waals surface area contributed by atoms with Crippen molar-refractivity contribution < 1.29 is 27.4 Å². The summed E-state index contributed by atoms with van der Waals surface area (Å²) in [4.78, 5) is 12.0. The average Bonchev–Trinajstić information content (AvgIpc) is 3.16. The van der Waals surface area contributed by atoms with E-state index in [1.54, 1.807) is 31.2 Å². The van der Waals surface area contributed by atoms with E-state index in [9.17, 15) is 18.0 Å². The Hall–Kier alpha value is -3.36. The summed E-state index contributed by atoms with van der Waals surface area (Å²) in [5.74, 6) is -0.293. The molecule has 3 rings (SSSR count). The number of ether oxygens (including phenoxy) is 2. The lowest BCUT2D eigenvalue weighted by molar-refractivity contribution is -0.137. The lowest BCUT2D eigenvalue weighted by Crippen LogP contribution is -2.07. The fourth-order valence-corrected chi connectivity index (χ4v) is 2.55. The summed E-state index contributed by atoms with van der Waals surface area (Å²) in [7, 11) is 0. The van der Waals surface area contributed by atoms with Crippen LogP contribution in [0.1, 0.15) is 28.5 Å². The van der Waals surface area contributed by atoms with Crippen LogP contribution >= 0.6 is 0 Å². The predicted molar refractivity (Wildman–Crippen MR) is 93.6 cm³/mol. The summed E-state index contributed by atoms with van der Waals surface area (Å²) in [6, 6.07) is 11.6. The highest BCUT2D eigenvalue weighted by molar-refractivity contribution is 5.94. The second kappa shape index (κ2) is 8.12. The predicted octanol–water partition coefficient (Wildman–Crippen LogP) is 4.25. The topological polar surface area (TPSA) is 77.1 Å². The van der Waals surface area contributed by atoms with Crippen molar-refractivity contribution in [2.24, 2.45) is 0 Å². The van der Waals surface area contributed by atoms with Crippen molar-refractivity contribution in [3.63, 3.8) is 0 Å². The molecule has 146 valence electrons. The van der Waals surface area contributed by atoms with Gasteiger partial charge in [0.15, 0.2) is 5.69 Å². The van der Waals surface area contributed by atoms with Gasteiger partial charge in [0.25, 0.3) is 0 Å². The van der Waals surface area contributed by atoms with Crippen molar-refractivity contribution in [2.75, 3.05) is 6.61 Å². The van der Waals surface area contributed by atoms with E-state index >= 15 is 0 Å². The Morgan fingerprint density at radius 2 is 1.89 bits per heavy atom. The van der Waals surface area contributed by atoms with Gasteiger partial charge in [0, 0.05) is 5.56 Å². The van der Waals surface area contributed by atoms with Crippen molar-refractivity contribution in [2.45, 2.75) is 19.7 Å². The van der Waals surface area contributed by atoms with Gasteiger partial charge in [0.1, 0.15) is 18.1 Å². The van der Waals surface area contributed by atoms with Gasteiger partial charge >= 0.3 is 12.1 Å². The Bertz CT molecular complexity index is 970. The zero-order valence-corrected chi connectivity index (χ0v) is 14.8. The highest BCUT2D eigenvalue weighted by Gasteiger charge is 2.30. The van der Waals surface area contributed by atoms with Crippen molar-refractivity contribution in [3.05, 3.63) is 65.4 Å². The number of halogens is 3. The van der Waals surface area contributed by atoms with Crippen molar-refractivity contribution >= 4 is 5.97 Å². The number of carbonyl (C=O) groups excluding carboxylic acids is 1. The first kappa shape index (κ1) is 19.4. The minimum atomic E-state index is -4.43. The first-order valence-corrected chi connectivity index (χ1v) is 8.36. The van der Waals surface area contributed by atoms with E-state index in [2.05, 4.69) is 15.4 Å². The number of benzene rings is 2. The molecule has 0 aliphatic rings. The molecule has 1 N–H and O–H groups in total. The number of H-pyrrole nitrogens is 1. The molecular formula is C19H16F3N3O3. The maximum absolute atomic E-state index is 12.9. The molecule has 28 heavy (non-hydrogen) atoms. The summed E-state index contributed by atoms with van der Waals surface area (Å²) < 4.78 is 49.2. The minimum Gasteiger partial charge on any atom is -0.488 e. The van der Waals surface area contributed by atoms with E-state index in [1.165, 1.54) is 12.1 Å². The van der Waals surface area contributed by atoms with Crippen LogP contribution in [0.4, 0.5) is 13.2 Å². The number of aromatic nitrogens is 3. The largest absolute Gasteiger partial charge is 0.488 e. The third-order valence-electron chi connectivity index (χ3n) is 3.81. The number of aromatic amines is 1. The molecule has 0 fully saturated rings. The Balaban J connectivity index is 1.85. The number of nitrogens with one attached hydrogen (secondary N) is 1. The molecule has 3 aromatic rings. The number of para-hydroxylation sites is 1. The van der Waals surface area contributed by atoms with Gasteiger partial charge in [-0.25, -0.2) is 4.79 Å². The molecule has 0 spiro atoms. The number of hydrogen-bond acceptors (Lipinski definition) is 5. The van der Waals surface area contributed by atoms with Gasteiger partial charge in [-0.2, -0.15) is 23.5 Å². The molecule has 0 saturated carbocycles. The van der Waals surface area contributed by atoms with Gasteiger partial charge in [-0.05, 0) is 36.8 Å². The first-order chi connectivity index (χ1) is 13.4. The monoisotopic (exact) mass is 391 g/mol. The molecule has 9 heteroatoms. The number of rotatable bonds is 6. The van der Waals surface area contributed by atoms with Crippen LogP contribution in [-0.4, -0.2) is 28.0 Å². The van der Waals surface area contributed by atoms with Crippen molar-refractivity contribution in [1.82, 2.24) is 15.4 Å². The average molecular weight is 391 g/mol. The van der Waals surface area contributed by atoms with Crippen molar-refractivity contribution in [3.8, 4) is 17.0 Å². The molecule has 0 bridgehead atoms. The molecule has 1 aromatic heterocycles. The van der Waals surface area contributed by atoms with E-state index in [1.807, 2.05) is 0 Å². The highest BCUT2D eigenvalue weighted by Crippen LogP contribution is 2.32. The van der Waals surface area contributed by atoms with Gasteiger partial charge in [0.05, 0.1) is 12.2 Å². The van der Waals surface area contributed by atoms with Crippen LogP contribution in [0, 0.1) is 0 Å². The maximum Gasteiger partial charge on any atom is 0.416 e. The molecule has 1 heterocycles. The zero-order valence-electron chi connectivity index (χ0n) is 14.8. The number of nitrogens with zero attached hydrogens (tertiary/aromatic N) is 2. The van der Waals surface area contributed by atoms with E-state index in [0.29, 0.717) is 16.9 Å². The second-order valence-corrected chi connectivity index (χ2v) is 5.72. The normalized spacial score (nSPS) is 11.3. The number of carbonyl (C=O) groups is 1. The minimum absolute atomic E-state index is 0.00281. The van der Waals surface area contributed by atoms with Crippen LogP contribution in [0.15, 0.2) is 48.5 Å². The molecule has 0 aliphatic carbocycles. The van der Waals surface area contributed by atoms with Crippen LogP contribution in [0.3, 0.4) is 0 Å². The summed E-state index contributed by atoms with van der Waals surface area (Å²) in [6.45, 7) is 1.76. The lowest BCUT2D eigenvalue weighted by atomic mass is 10.1. The quantitative estimate of drug-likeness (QED) is 0.636. The zero-order chi connectivity index (χ0) is 20.1. The fourth-order valence-electron chi connectivity index (χ4n) is 2.55. The Morgan fingerprint density at radius 3 is 2.64 bits per heavy atom. The van der Waals surface area contributed by atoms with Crippen LogP contribution in [-0.2, 0) is 17.5 Å². The van der Waals surface area contributed by atoms with Crippen molar-refractivity contribution in [1.29, 1.82) is 0 Å². The van der Waals surface area contributed by atoms with E-state index < -0.39 is 17.7 Å². The van der Waals surface area contributed by atoms with Gasteiger partial charge in [0.2, 0.25) is 0 Å². The third-order valence-corrected chi connectivity index (χ3v) is 3.81. The Morgan fingerprint density at radius 1 is 1.11 bits per heavy atom. The summed E-state index contributed by atoms with van der Waals surface area (Å²) in [5, 5.41) is 10.2. The van der Waals surface area contributed by atoms with E-state index in [-0.39, 0.29) is 24.6 Å². The summed E-state index contributed by atoms with van der Waals surface area (Å²) >= 11 is 0. The van der Waals surface area contributed by atoms with Gasteiger partial charge < -0.3 is 9.47 Å². The van der Waals surface area contributed by atoms with Crippen LogP contribution in [0.25, 0.3) is 11.3 Å². The smallest absolute Gasteiger partial charge is 0.416 e. The van der Waals surface area contributed by atoms with Gasteiger partial charge in [-0.1, -0.05) is 24.3 Å². The maximum atomic E-state index is 12.9. The third kappa shape index (κ3) is 4.30. The molecule has 0 unspecified atom stereocenters. The summed E-state index contributed by atoms with van der Waals surface area (Å²) in [5.41, 5.74) is 0.305. The number of hydrogen-bond donors (Lipinski definition) is 1. The molecule has 0 saturated heterocycles. The first-order valence-electron chi connectivity index (χ1n) is 8.36. The summed E-state index contributed by atoms with van der Waals surface area (Å²) in [6.07, 6.45) is -4.43. The van der Waals surface area contributed by atoms with E-state index in [4.69, 9.17) is 9.47 Å². The van der Waals surface area contributed by atoms with Gasteiger partial charge in [-0.3, -0.25) is 0 Å². The fraction of sp³-hybridized carbons (Fsp3) is 0.211. The molecule has 6 nitrogen and oxygen atoms in total.